The minimum absolute atomic E-state index is 0.0857. The molecule has 3 N–H and O–H groups in total. The lowest BCUT2D eigenvalue weighted by atomic mass is 10.2. The van der Waals surface area contributed by atoms with Crippen LogP contribution in [0.1, 0.15) is 20.8 Å². The first kappa shape index (κ1) is 19.1. The summed E-state index contributed by atoms with van der Waals surface area (Å²) in [5.41, 5.74) is 2.34. The van der Waals surface area contributed by atoms with Crippen LogP contribution in [0.2, 0.25) is 0 Å². The zero-order valence-corrected chi connectivity index (χ0v) is 15.3. The lowest BCUT2D eigenvalue weighted by Gasteiger charge is -2.14. The van der Waals surface area contributed by atoms with Gasteiger partial charge in [-0.05, 0) is 45.0 Å². The van der Waals surface area contributed by atoms with Crippen molar-refractivity contribution in [3.8, 4) is 11.4 Å². The van der Waals surface area contributed by atoms with E-state index in [0.29, 0.717) is 18.1 Å². The van der Waals surface area contributed by atoms with Crippen LogP contribution in [0.3, 0.4) is 0 Å². The first-order chi connectivity index (χ1) is 11.9. The number of aliphatic imine (C=N–C) groups is 1. The van der Waals surface area contributed by atoms with Crippen molar-refractivity contribution < 1.29 is 14.0 Å². The van der Waals surface area contributed by atoms with E-state index in [-0.39, 0.29) is 12.2 Å². The summed E-state index contributed by atoms with van der Waals surface area (Å²) in [5, 5.41) is 9.53. The molecule has 0 saturated heterocycles. The largest absolute Gasteiger partial charge is 0.393 e. The van der Waals surface area contributed by atoms with Crippen molar-refractivity contribution in [3.05, 3.63) is 42.2 Å². The van der Waals surface area contributed by atoms with Crippen LogP contribution in [0, 0.1) is 0 Å². The molecule has 25 heavy (non-hydrogen) atoms. The average molecular weight is 363 g/mol. The molecule has 1 heterocycles. The van der Waals surface area contributed by atoms with Gasteiger partial charge in [0.15, 0.2) is 5.82 Å². The Morgan fingerprint density at radius 2 is 2.12 bits per heavy atom. The summed E-state index contributed by atoms with van der Waals surface area (Å²) in [6, 6.07) is 7.03. The molecule has 1 aromatic heterocycles. The molecule has 1 atom stereocenters. The van der Waals surface area contributed by atoms with Crippen LogP contribution in [-0.4, -0.2) is 38.8 Å². The normalized spacial score (nSPS) is 14.0. The monoisotopic (exact) mass is 363 g/mol. The lowest BCUT2D eigenvalue weighted by molar-refractivity contribution is 0.286. The Balaban J connectivity index is 2.25. The summed E-state index contributed by atoms with van der Waals surface area (Å²) < 4.78 is 17.3. The predicted molar refractivity (Wildman–Crippen MR) is 97.8 cm³/mol. The molecular weight excluding hydrogens is 341 g/mol. The molecule has 0 spiro atoms. The third-order valence-electron chi connectivity index (χ3n) is 3.12. The topological polar surface area (TPSA) is 112 Å². The SMILES string of the molecule is CCOP(=O)(O)C(=Nc1ccc(-c2nc[nH]n2)cc1)NCC=C(C)C. The molecule has 0 aliphatic carbocycles. The number of aromatic amines is 1. The van der Waals surface area contributed by atoms with Gasteiger partial charge in [-0.3, -0.25) is 9.66 Å². The smallest absolute Gasteiger partial charge is 0.360 e. The molecule has 0 aliphatic rings. The molecule has 1 aromatic carbocycles. The van der Waals surface area contributed by atoms with Crippen molar-refractivity contribution in [3.63, 3.8) is 0 Å². The van der Waals surface area contributed by atoms with Gasteiger partial charge in [0.1, 0.15) is 6.33 Å². The number of rotatable bonds is 7. The minimum atomic E-state index is -4.01. The fourth-order valence-electron chi connectivity index (χ4n) is 1.94. The molecule has 0 amide bonds. The molecule has 0 radical (unpaired) electrons. The second-order valence-corrected chi connectivity index (χ2v) is 7.13. The number of hydrogen-bond donors (Lipinski definition) is 3. The van der Waals surface area contributed by atoms with Crippen molar-refractivity contribution in [1.82, 2.24) is 20.5 Å². The zero-order chi connectivity index (χ0) is 18.3. The van der Waals surface area contributed by atoms with Crippen molar-refractivity contribution in [2.24, 2.45) is 4.99 Å². The molecule has 134 valence electrons. The van der Waals surface area contributed by atoms with Gasteiger partial charge in [0.05, 0.1) is 12.3 Å². The number of benzene rings is 1. The van der Waals surface area contributed by atoms with Crippen LogP contribution in [0.25, 0.3) is 11.4 Å². The van der Waals surface area contributed by atoms with E-state index in [9.17, 15) is 9.46 Å². The number of hydrogen-bond acceptors (Lipinski definition) is 5. The Labute approximate surface area is 146 Å². The fraction of sp³-hybridized carbons (Fsp3) is 0.312. The van der Waals surface area contributed by atoms with Crippen molar-refractivity contribution in [2.75, 3.05) is 13.2 Å². The van der Waals surface area contributed by atoms with Crippen molar-refractivity contribution in [1.29, 1.82) is 0 Å². The van der Waals surface area contributed by atoms with E-state index in [2.05, 4.69) is 25.5 Å². The number of allylic oxidation sites excluding steroid dienone is 1. The Hall–Kier alpha value is -2.28. The maximum absolute atomic E-state index is 12.3. The standard InChI is InChI=1S/C16H22N5O3P/c1-4-24-25(22,23)16(17-10-9-12(2)3)20-14-7-5-13(6-8-14)15-18-11-19-21-15/h5-9,11H,4,10H2,1-3H3,(H,17,20)(H,22,23)(H,18,19,21). The number of nitrogens with zero attached hydrogens (tertiary/aromatic N) is 3. The molecule has 1 unspecified atom stereocenters. The Morgan fingerprint density at radius 3 is 2.68 bits per heavy atom. The molecule has 2 rings (SSSR count). The summed E-state index contributed by atoms with van der Waals surface area (Å²) in [6.45, 7) is 6.04. The molecule has 0 bridgehead atoms. The summed E-state index contributed by atoms with van der Waals surface area (Å²) in [4.78, 5) is 18.4. The summed E-state index contributed by atoms with van der Waals surface area (Å²) in [6.07, 6.45) is 3.39. The third kappa shape index (κ3) is 5.63. The van der Waals surface area contributed by atoms with Gasteiger partial charge in [0, 0.05) is 12.1 Å². The number of aromatic nitrogens is 3. The summed E-state index contributed by atoms with van der Waals surface area (Å²) in [7, 11) is -4.01. The van der Waals surface area contributed by atoms with Crippen molar-refractivity contribution >= 4 is 18.9 Å². The fourth-order valence-corrected chi connectivity index (χ4v) is 2.95. The van der Waals surface area contributed by atoms with Gasteiger partial charge in [0.25, 0.3) is 0 Å². The summed E-state index contributed by atoms with van der Waals surface area (Å²) in [5.74, 6) is 0.569. The number of H-pyrrole nitrogens is 1. The van der Waals surface area contributed by atoms with E-state index < -0.39 is 7.60 Å². The highest BCUT2D eigenvalue weighted by Gasteiger charge is 2.27. The van der Waals surface area contributed by atoms with Gasteiger partial charge in [-0.2, -0.15) is 5.10 Å². The van der Waals surface area contributed by atoms with E-state index >= 15 is 0 Å². The summed E-state index contributed by atoms with van der Waals surface area (Å²) >= 11 is 0. The Bertz CT molecular complexity index is 781. The van der Waals surface area contributed by atoms with Crippen LogP contribution >= 0.6 is 7.60 Å². The minimum Gasteiger partial charge on any atom is -0.360 e. The van der Waals surface area contributed by atoms with Crippen LogP contribution in [0.15, 0.2) is 47.2 Å². The molecule has 8 nitrogen and oxygen atoms in total. The highest BCUT2D eigenvalue weighted by atomic mass is 31.2. The van der Waals surface area contributed by atoms with E-state index in [1.807, 2.05) is 19.9 Å². The van der Waals surface area contributed by atoms with Crippen LogP contribution in [0.4, 0.5) is 5.69 Å². The zero-order valence-electron chi connectivity index (χ0n) is 14.4. The van der Waals surface area contributed by atoms with Gasteiger partial charge in [-0.15, -0.1) is 0 Å². The van der Waals surface area contributed by atoms with Crippen LogP contribution in [0.5, 0.6) is 0 Å². The number of nitrogens with one attached hydrogen (secondary N) is 2. The number of amidine groups is 1. The quantitative estimate of drug-likeness (QED) is 0.301. The Kier molecular flexibility index (Phi) is 6.64. The molecule has 0 saturated carbocycles. The first-order valence-corrected chi connectivity index (χ1v) is 9.40. The highest BCUT2D eigenvalue weighted by Crippen LogP contribution is 2.43. The molecule has 9 heteroatoms. The van der Waals surface area contributed by atoms with Gasteiger partial charge in [-0.25, -0.2) is 9.98 Å². The van der Waals surface area contributed by atoms with E-state index in [1.165, 1.54) is 6.33 Å². The molecular formula is C16H22N5O3P. The second-order valence-electron chi connectivity index (χ2n) is 5.41. The van der Waals surface area contributed by atoms with Crippen molar-refractivity contribution in [2.45, 2.75) is 20.8 Å². The maximum atomic E-state index is 12.3. The Morgan fingerprint density at radius 1 is 1.40 bits per heavy atom. The van der Waals surface area contributed by atoms with Gasteiger partial charge in [0.2, 0.25) is 5.58 Å². The van der Waals surface area contributed by atoms with Crippen LogP contribution in [-0.2, 0) is 9.09 Å². The van der Waals surface area contributed by atoms with Gasteiger partial charge >= 0.3 is 7.60 Å². The molecule has 0 aliphatic heterocycles. The second kappa shape index (κ2) is 8.71. The van der Waals surface area contributed by atoms with Gasteiger partial charge in [-0.1, -0.05) is 11.6 Å². The van der Waals surface area contributed by atoms with Gasteiger partial charge < -0.3 is 14.7 Å². The maximum Gasteiger partial charge on any atom is 0.393 e. The third-order valence-corrected chi connectivity index (χ3v) is 4.52. The lowest BCUT2D eigenvalue weighted by Crippen LogP contribution is -2.24. The average Bonchev–Trinajstić information content (AvgIpc) is 3.08. The highest BCUT2D eigenvalue weighted by molar-refractivity contribution is 7.71. The molecule has 0 fully saturated rings. The first-order valence-electron chi connectivity index (χ1n) is 7.82. The van der Waals surface area contributed by atoms with E-state index in [1.54, 1.807) is 31.2 Å². The van der Waals surface area contributed by atoms with Crippen LogP contribution < -0.4 is 5.32 Å². The van der Waals surface area contributed by atoms with E-state index in [4.69, 9.17) is 4.52 Å². The molecule has 2 aromatic rings. The van der Waals surface area contributed by atoms with E-state index in [0.717, 1.165) is 11.1 Å². The predicted octanol–water partition coefficient (Wildman–Crippen LogP) is 3.24.